The number of rotatable bonds is 8. The molecule has 16 heavy (non-hydrogen) atoms. The van der Waals surface area contributed by atoms with Gasteiger partial charge in [0, 0.05) is 6.54 Å². The van der Waals surface area contributed by atoms with Crippen LogP contribution in [0, 0.1) is 0 Å². The van der Waals surface area contributed by atoms with E-state index in [1.54, 1.807) is 0 Å². The van der Waals surface area contributed by atoms with Crippen LogP contribution in [0.2, 0.25) is 0 Å². The first-order valence-corrected chi connectivity index (χ1v) is 6.49. The fraction of sp³-hybridized carbons (Fsp3) is 0.857. The van der Waals surface area contributed by atoms with Crippen LogP contribution in [-0.4, -0.2) is 35.2 Å². The van der Waals surface area contributed by atoms with Crippen molar-refractivity contribution in [1.82, 2.24) is 4.90 Å². The molecule has 1 N–H and O–H groups in total. The van der Waals surface area contributed by atoms with E-state index in [1.807, 2.05) is 13.8 Å². The SMILES string of the molecule is CCN(CC)C/C=C(\C)CCCC(C)(C)O. The molecular formula is C14H29NO. The molecule has 0 unspecified atom stereocenters. The molecule has 0 atom stereocenters. The summed E-state index contributed by atoms with van der Waals surface area (Å²) in [6.45, 7) is 13.6. The Balaban J connectivity index is 3.79. The summed E-state index contributed by atoms with van der Waals surface area (Å²) in [4.78, 5) is 2.40. The van der Waals surface area contributed by atoms with Gasteiger partial charge in [-0.05, 0) is 53.1 Å². The van der Waals surface area contributed by atoms with Crippen molar-refractivity contribution in [3.63, 3.8) is 0 Å². The van der Waals surface area contributed by atoms with Crippen molar-refractivity contribution < 1.29 is 5.11 Å². The van der Waals surface area contributed by atoms with Crippen LogP contribution in [0.5, 0.6) is 0 Å². The Labute approximate surface area is 101 Å². The van der Waals surface area contributed by atoms with Gasteiger partial charge >= 0.3 is 0 Å². The van der Waals surface area contributed by atoms with Crippen LogP contribution in [0.3, 0.4) is 0 Å². The number of aliphatic hydroxyl groups is 1. The normalized spacial score (nSPS) is 13.6. The maximum absolute atomic E-state index is 9.60. The Kier molecular flexibility index (Phi) is 7.69. The van der Waals surface area contributed by atoms with Crippen molar-refractivity contribution in [2.75, 3.05) is 19.6 Å². The van der Waals surface area contributed by atoms with E-state index in [2.05, 4.69) is 31.7 Å². The molecule has 2 nitrogen and oxygen atoms in total. The van der Waals surface area contributed by atoms with E-state index in [-0.39, 0.29) is 0 Å². The predicted molar refractivity (Wildman–Crippen MR) is 71.7 cm³/mol. The van der Waals surface area contributed by atoms with Crippen molar-refractivity contribution in [1.29, 1.82) is 0 Å². The van der Waals surface area contributed by atoms with Crippen molar-refractivity contribution in [2.45, 2.75) is 59.5 Å². The zero-order chi connectivity index (χ0) is 12.6. The summed E-state index contributed by atoms with van der Waals surface area (Å²) >= 11 is 0. The lowest BCUT2D eigenvalue weighted by atomic mass is 9.99. The van der Waals surface area contributed by atoms with E-state index in [1.165, 1.54) is 5.57 Å². The van der Waals surface area contributed by atoms with E-state index < -0.39 is 5.60 Å². The Hall–Kier alpha value is -0.340. The van der Waals surface area contributed by atoms with Gasteiger partial charge in [-0.3, -0.25) is 0 Å². The second-order valence-corrected chi connectivity index (χ2v) is 5.20. The summed E-state index contributed by atoms with van der Waals surface area (Å²) < 4.78 is 0. The van der Waals surface area contributed by atoms with Gasteiger partial charge in [0.2, 0.25) is 0 Å². The molecule has 0 fully saturated rings. The molecule has 0 aromatic rings. The molecule has 0 saturated carbocycles. The largest absolute Gasteiger partial charge is 0.390 e. The van der Waals surface area contributed by atoms with Crippen LogP contribution in [0.15, 0.2) is 11.6 Å². The molecule has 0 aliphatic heterocycles. The van der Waals surface area contributed by atoms with Gasteiger partial charge in [0.15, 0.2) is 0 Å². The second kappa shape index (κ2) is 7.86. The standard InChI is InChI=1S/C14H29NO/c1-6-15(7-2)12-10-13(3)9-8-11-14(4,5)16/h10,16H,6-9,11-12H2,1-5H3/b13-10+. The molecule has 0 aromatic carbocycles. The van der Waals surface area contributed by atoms with Crippen LogP contribution in [-0.2, 0) is 0 Å². The summed E-state index contributed by atoms with van der Waals surface area (Å²) in [6.07, 6.45) is 5.37. The summed E-state index contributed by atoms with van der Waals surface area (Å²) in [5, 5.41) is 9.60. The molecule has 0 heterocycles. The lowest BCUT2D eigenvalue weighted by Crippen LogP contribution is -2.22. The van der Waals surface area contributed by atoms with Gasteiger partial charge in [-0.2, -0.15) is 0 Å². The first-order chi connectivity index (χ1) is 7.39. The molecule has 0 spiro atoms. The number of nitrogens with zero attached hydrogens (tertiary/aromatic N) is 1. The third-order valence-electron chi connectivity index (χ3n) is 2.95. The topological polar surface area (TPSA) is 23.5 Å². The lowest BCUT2D eigenvalue weighted by molar-refractivity contribution is 0.0689. The molecule has 0 saturated heterocycles. The summed E-state index contributed by atoms with van der Waals surface area (Å²) in [5.41, 5.74) is 0.926. The van der Waals surface area contributed by atoms with Crippen molar-refractivity contribution in [3.05, 3.63) is 11.6 Å². The Bertz CT molecular complexity index is 199. The van der Waals surface area contributed by atoms with Crippen LogP contribution >= 0.6 is 0 Å². The molecular weight excluding hydrogens is 198 g/mol. The number of hydrogen-bond acceptors (Lipinski definition) is 2. The van der Waals surface area contributed by atoms with Gasteiger partial charge in [-0.1, -0.05) is 25.5 Å². The van der Waals surface area contributed by atoms with Crippen molar-refractivity contribution in [3.8, 4) is 0 Å². The van der Waals surface area contributed by atoms with Crippen LogP contribution in [0.4, 0.5) is 0 Å². The minimum atomic E-state index is -0.515. The minimum absolute atomic E-state index is 0.515. The Morgan fingerprint density at radius 3 is 2.25 bits per heavy atom. The number of hydrogen-bond donors (Lipinski definition) is 1. The zero-order valence-electron chi connectivity index (χ0n) is 11.7. The number of allylic oxidation sites excluding steroid dienone is 1. The summed E-state index contributed by atoms with van der Waals surface area (Å²) in [6, 6.07) is 0. The monoisotopic (exact) mass is 227 g/mol. The molecule has 0 aliphatic rings. The molecule has 0 aliphatic carbocycles. The van der Waals surface area contributed by atoms with Gasteiger partial charge in [0.1, 0.15) is 0 Å². The van der Waals surface area contributed by atoms with Crippen LogP contribution in [0.1, 0.15) is 53.9 Å². The third kappa shape index (κ3) is 8.93. The van der Waals surface area contributed by atoms with Gasteiger partial charge in [-0.15, -0.1) is 0 Å². The highest BCUT2D eigenvalue weighted by Gasteiger charge is 2.11. The maximum Gasteiger partial charge on any atom is 0.0591 e. The van der Waals surface area contributed by atoms with Crippen molar-refractivity contribution >= 4 is 0 Å². The highest BCUT2D eigenvalue weighted by atomic mass is 16.3. The average molecular weight is 227 g/mol. The zero-order valence-corrected chi connectivity index (χ0v) is 11.7. The number of likely N-dealkylation sites (N-methyl/N-ethyl adjacent to an activating group) is 1. The van der Waals surface area contributed by atoms with Gasteiger partial charge < -0.3 is 10.0 Å². The lowest BCUT2D eigenvalue weighted by Gasteiger charge is -2.17. The van der Waals surface area contributed by atoms with E-state index in [0.29, 0.717) is 0 Å². The van der Waals surface area contributed by atoms with E-state index >= 15 is 0 Å². The molecule has 0 rings (SSSR count). The molecule has 0 radical (unpaired) electrons. The highest BCUT2D eigenvalue weighted by molar-refractivity contribution is 4.99. The molecule has 0 amide bonds. The first kappa shape index (κ1) is 15.7. The van der Waals surface area contributed by atoms with Crippen LogP contribution < -0.4 is 0 Å². The minimum Gasteiger partial charge on any atom is -0.390 e. The van der Waals surface area contributed by atoms with Crippen molar-refractivity contribution in [2.24, 2.45) is 0 Å². The van der Waals surface area contributed by atoms with Crippen LogP contribution in [0.25, 0.3) is 0 Å². The Morgan fingerprint density at radius 2 is 1.81 bits per heavy atom. The van der Waals surface area contributed by atoms with Gasteiger partial charge in [0.05, 0.1) is 5.60 Å². The summed E-state index contributed by atoms with van der Waals surface area (Å²) in [7, 11) is 0. The summed E-state index contributed by atoms with van der Waals surface area (Å²) in [5.74, 6) is 0. The van der Waals surface area contributed by atoms with E-state index in [9.17, 15) is 5.11 Å². The molecule has 96 valence electrons. The van der Waals surface area contributed by atoms with E-state index in [4.69, 9.17) is 0 Å². The van der Waals surface area contributed by atoms with Gasteiger partial charge in [0.25, 0.3) is 0 Å². The quantitative estimate of drug-likeness (QED) is 0.644. The second-order valence-electron chi connectivity index (χ2n) is 5.20. The molecule has 0 aromatic heterocycles. The van der Waals surface area contributed by atoms with E-state index in [0.717, 1.165) is 38.9 Å². The molecule has 0 bridgehead atoms. The fourth-order valence-corrected chi connectivity index (χ4v) is 1.67. The average Bonchev–Trinajstić information content (AvgIpc) is 2.17. The Morgan fingerprint density at radius 1 is 1.25 bits per heavy atom. The smallest absolute Gasteiger partial charge is 0.0591 e. The maximum atomic E-state index is 9.60. The third-order valence-corrected chi connectivity index (χ3v) is 2.95. The first-order valence-electron chi connectivity index (χ1n) is 6.49. The van der Waals surface area contributed by atoms with Gasteiger partial charge in [-0.25, -0.2) is 0 Å². The molecule has 2 heteroatoms. The predicted octanol–water partition coefficient (Wildman–Crippen LogP) is 3.22. The fourth-order valence-electron chi connectivity index (χ4n) is 1.67. The highest BCUT2D eigenvalue weighted by Crippen LogP contribution is 2.15.